The van der Waals surface area contributed by atoms with E-state index in [-0.39, 0.29) is 38.0 Å². The molecule has 5 nitrogen and oxygen atoms in total. The van der Waals surface area contributed by atoms with Crippen LogP contribution in [0.4, 0.5) is 18.9 Å². The molecule has 0 aliphatic carbocycles. The number of rotatable bonds is 5. The number of halogens is 5. The summed E-state index contributed by atoms with van der Waals surface area (Å²) in [6, 6.07) is 10.3. The number of alkyl halides is 3. The Kier molecular flexibility index (Phi) is 6.87. The monoisotopic (exact) mass is 519 g/mol. The molecule has 0 saturated heterocycles. The molecule has 0 spiro atoms. The van der Waals surface area contributed by atoms with E-state index in [4.69, 9.17) is 23.2 Å². The Bertz CT molecular complexity index is 1500. The third-order valence-corrected chi connectivity index (χ3v) is 6.11. The van der Waals surface area contributed by atoms with Crippen LogP contribution in [0.2, 0.25) is 10.0 Å². The number of carbonyl (C=O) groups is 1. The van der Waals surface area contributed by atoms with E-state index < -0.39 is 17.6 Å². The number of nitrogens with one attached hydrogen (secondary N) is 1. The predicted octanol–water partition coefficient (Wildman–Crippen LogP) is 7.05. The third kappa shape index (κ3) is 4.90. The fourth-order valence-corrected chi connectivity index (χ4v) is 4.40. The van der Waals surface area contributed by atoms with E-state index in [2.05, 4.69) is 10.3 Å². The van der Waals surface area contributed by atoms with E-state index in [1.54, 1.807) is 29.1 Å². The highest BCUT2D eigenvalue weighted by molar-refractivity contribution is 6.41. The summed E-state index contributed by atoms with van der Waals surface area (Å²) in [7, 11) is 0. The molecule has 10 heteroatoms. The number of carbonyl (C=O) groups excluding carboxylic acids is 1. The van der Waals surface area contributed by atoms with Crippen LogP contribution in [0.25, 0.3) is 22.0 Å². The number of hydrogen-bond acceptors (Lipinski definition) is 3. The maximum atomic E-state index is 13.4. The number of aromatic nitrogens is 2. The van der Waals surface area contributed by atoms with Crippen molar-refractivity contribution in [3.63, 3.8) is 0 Å². The smallest absolute Gasteiger partial charge is 0.321 e. The Morgan fingerprint density at radius 3 is 2.60 bits per heavy atom. The Hall–Kier alpha value is -3.36. The highest BCUT2D eigenvalue weighted by Gasteiger charge is 2.31. The minimum Gasteiger partial charge on any atom is -0.321 e. The molecule has 0 aliphatic rings. The van der Waals surface area contributed by atoms with Crippen molar-refractivity contribution in [2.75, 3.05) is 5.32 Å². The topological polar surface area (TPSA) is 64.0 Å². The standard InChI is InChI=1S/C25H18Cl2F3N3O2/c1-2-10-33-20-8-9-31-13-15(20)12-17(24(33)35)21-18(26)6-7-19(22(21)27)32-23(34)14-4-3-5-16(11-14)25(28,29)30/h3-9,11-13H,2,10H2,1H3,(H,32,34). The summed E-state index contributed by atoms with van der Waals surface area (Å²) < 4.78 is 40.7. The minimum atomic E-state index is -4.59. The SMILES string of the molecule is CCCn1c(=O)c(-c2c(Cl)ccc(NC(=O)c3cccc(C(F)(F)F)c3)c2Cl)cc2cnccc21. The number of hydrogen-bond donors (Lipinski definition) is 1. The zero-order valence-corrected chi connectivity index (χ0v) is 19.8. The van der Waals surface area contributed by atoms with Gasteiger partial charge in [0.05, 0.1) is 32.4 Å². The van der Waals surface area contributed by atoms with Gasteiger partial charge in [0.15, 0.2) is 0 Å². The Labute approximate surface area is 208 Å². The lowest BCUT2D eigenvalue weighted by Crippen LogP contribution is -2.22. The second-order valence-electron chi connectivity index (χ2n) is 7.77. The third-order valence-electron chi connectivity index (χ3n) is 5.40. The maximum absolute atomic E-state index is 13.4. The van der Waals surface area contributed by atoms with Crippen molar-refractivity contribution in [3.05, 3.63) is 92.5 Å². The number of amides is 1. The highest BCUT2D eigenvalue weighted by atomic mass is 35.5. The second kappa shape index (κ2) is 9.71. The van der Waals surface area contributed by atoms with Gasteiger partial charge in [-0.2, -0.15) is 13.2 Å². The van der Waals surface area contributed by atoms with Crippen LogP contribution in [-0.4, -0.2) is 15.5 Å². The van der Waals surface area contributed by atoms with Crippen molar-refractivity contribution in [1.82, 2.24) is 9.55 Å². The van der Waals surface area contributed by atoms with Gasteiger partial charge in [0.25, 0.3) is 11.5 Å². The van der Waals surface area contributed by atoms with Gasteiger partial charge in [-0.3, -0.25) is 14.6 Å². The Morgan fingerprint density at radius 1 is 1.11 bits per heavy atom. The summed E-state index contributed by atoms with van der Waals surface area (Å²) in [6.07, 6.45) is -0.678. The highest BCUT2D eigenvalue weighted by Crippen LogP contribution is 2.39. The number of benzene rings is 2. The largest absolute Gasteiger partial charge is 0.416 e. The van der Waals surface area contributed by atoms with Crippen LogP contribution in [-0.2, 0) is 12.7 Å². The van der Waals surface area contributed by atoms with Crippen LogP contribution in [0.5, 0.6) is 0 Å². The van der Waals surface area contributed by atoms with Gasteiger partial charge in [0, 0.05) is 35.5 Å². The van der Waals surface area contributed by atoms with Gasteiger partial charge in [-0.05, 0) is 48.9 Å². The van der Waals surface area contributed by atoms with E-state index in [9.17, 15) is 22.8 Å². The minimum absolute atomic E-state index is 0.0128. The van der Waals surface area contributed by atoms with Gasteiger partial charge in [0.2, 0.25) is 0 Å². The van der Waals surface area contributed by atoms with E-state index in [1.807, 2.05) is 6.92 Å². The molecule has 4 aromatic rings. The number of anilines is 1. The molecule has 2 aromatic heterocycles. The molecule has 0 unspecified atom stereocenters. The van der Waals surface area contributed by atoms with Crippen LogP contribution in [0, 0.1) is 0 Å². The van der Waals surface area contributed by atoms with Crippen molar-refractivity contribution < 1.29 is 18.0 Å². The van der Waals surface area contributed by atoms with E-state index in [0.717, 1.165) is 18.2 Å². The van der Waals surface area contributed by atoms with Crippen LogP contribution in [0.1, 0.15) is 29.3 Å². The number of pyridine rings is 2. The quantitative estimate of drug-likeness (QED) is 0.307. The fourth-order valence-electron chi connectivity index (χ4n) is 3.78. The lowest BCUT2D eigenvalue weighted by molar-refractivity contribution is -0.137. The van der Waals surface area contributed by atoms with Crippen molar-refractivity contribution >= 4 is 45.7 Å². The second-order valence-corrected chi connectivity index (χ2v) is 8.55. The molecule has 35 heavy (non-hydrogen) atoms. The lowest BCUT2D eigenvalue weighted by Gasteiger charge is -2.16. The summed E-state index contributed by atoms with van der Waals surface area (Å²) in [4.78, 5) is 30.2. The normalized spacial score (nSPS) is 11.6. The molecular weight excluding hydrogens is 502 g/mol. The molecular formula is C25H18Cl2F3N3O2. The summed E-state index contributed by atoms with van der Waals surface area (Å²) in [5, 5.41) is 3.38. The zero-order valence-electron chi connectivity index (χ0n) is 18.3. The van der Waals surface area contributed by atoms with Gasteiger partial charge >= 0.3 is 6.18 Å². The first-order valence-electron chi connectivity index (χ1n) is 10.6. The van der Waals surface area contributed by atoms with Gasteiger partial charge in [0.1, 0.15) is 0 Å². The van der Waals surface area contributed by atoms with E-state index in [1.165, 1.54) is 18.2 Å². The fraction of sp³-hybridized carbons (Fsp3) is 0.160. The molecule has 0 aliphatic heterocycles. The molecule has 2 heterocycles. The molecule has 2 aromatic carbocycles. The average Bonchev–Trinajstić information content (AvgIpc) is 2.83. The lowest BCUT2D eigenvalue weighted by atomic mass is 10.0. The molecule has 180 valence electrons. The van der Waals surface area contributed by atoms with Gasteiger partial charge in [-0.25, -0.2) is 0 Å². The summed E-state index contributed by atoms with van der Waals surface area (Å²) in [5.41, 5.74) is -0.252. The number of fused-ring (bicyclic) bond motifs is 1. The first kappa shape index (κ1) is 24.8. The van der Waals surface area contributed by atoms with E-state index >= 15 is 0 Å². The number of aryl methyl sites for hydroxylation is 1. The molecule has 4 rings (SSSR count). The Morgan fingerprint density at radius 2 is 1.89 bits per heavy atom. The van der Waals surface area contributed by atoms with Gasteiger partial charge < -0.3 is 9.88 Å². The van der Waals surface area contributed by atoms with Crippen LogP contribution >= 0.6 is 23.2 Å². The maximum Gasteiger partial charge on any atom is 0.416 e. The van der Waals surface area contributed by atoms with Crippen LogP contribution < -0.4 is 10.9 Å². The molecule has 0 bridgehead atoms. The Balaban J connectivity index is 1.80. The van der Waals surface area contributed by atoms with E-state index in [0.29, 0.717) is 23.9 Å². The van der Waals surface area contributed by atoms with Gasteiger partial charge in [-0.15, -0.1) is 0 Å². The summed E-state index contributed by atoms with van der Waals surface area (Å²) in [6.45, 7) is 2.39. The first-order chi connectivity index (χ1) is 16.6. The van der Waals surface area contributed by atoms with Crippen molar-refractivity contribution in [2.24, 2.45) is 0 Å². The summed E-state index contributed by atoms with van der Waals surface area (Å²) >= 11 is 13.0. The molecule has 0 radical (unpaired) electrons. The first-order valence-corrected chi connectivity index (χ1v) is 11.3. The van der Waals surface area contributed by atoms with Crippen molar-refractivity contribution in [2.45, 2.75) is 26.1 Å². The van der Waals surface area contributed by atoms with Crippen molar-refractivity contribution in [1.29, 1.82) is 0 Å². The van der Waals surface area contributed by atoms with Gasteiger partial charge in [-0.1, -0.05) is 36.2 Å². The molecule has 0 saturated carbocycles. The zero-order chi connectivity index (χ0) is 25.3. The average molecular weight is 520 g/mol. The molecule has 1 N–H and O–H groups in total. The van der Waals surface area contributed by atoms with Crippen LogP contribution in [0.3, 0.4) is 0 Å². The van der Waals surface area contributed by atoms with Crippen molar-refractivity contribution in [3.8, 4) is 11.1 Å². The molecule has 0 fully saturated rings. The number of nitrogens with zero attached hydrogens (tertiary/aromatic N) is 2. The summed E-state index contributed by atoms with van der Waals surface area (Å²) in [5.74, 6) is -0.794. The predicted molar refractivity (Wildman–Crippen MR) is 131 cm³/mol. The van der Waals surface area contributed by atoms with Crippen LogP contribution in [0.15, 0.2) is 65.7 Å². The molecule has 1 amide bonds. The molecule has 0 atom stereocenters.